The van der Waals surface area contributed by atoms with E-state index in [0.29, 0.717) is 17.3 Å². The maximum absolute atomic E-state index is 12.8. The number of amides is 2. The van der Waals surface area contributed by atoms with Gasteiger partial charge in [-0.05, 0) is 64.2 Å². The van der Waals surface area contributed by atoms with E-state index in [1.54, 1.807) is 6.92 Å². The predicted octanol–water partition coefficient (Wildman–Crippen LogP) is 5.96. The van der Waals surface area contributed by atoms with Crippen LogP contribution in [0.2, 0.25) is 0 Å². The second-order valence-electron chi connectivity index (χ2n) is 11.1. The van der Waals surface area contributed by atoms with Crippen LogP contribution in [0.25, 0.3) is 22.4 Å². The van der Waals surface area contributed by atoms with Crippen molar-refractivity contribution in [3.8, 4) is 34.3 Å². The highest BCUT2D eigenvalue weighted by atomic mass is 16.6. The van der Waals surface area contributed by atoms with Crippen molar-refractivity contribution in [3.05, 3.63) is 66.2 Å². The smallest absolute Gasteiger partial charge is 0.408 e. The van der Waals surface area contributed by atoms with Gasteiger partial charge in [0.15, 0.2) is 6.10 Å². The third kappa shape index (κ3) is 5.17. The van der Waals surface area contributed by atoms with Gasteiger partial charge >= 0.3 is 6.09 Å². The highest BCUT2D eigenvalue weighted by molar-refractivity contribution is 6.01. The summed E-state index contributed by atoms with van der Waals surface area (Å²) in [6.45, 7) is 7.13. The number of carbonyl (C=O) groups is 2. The maximum atomic E-state index is 12.8. The molecule has 2 heterocycles. The molecule has 8 heteroatoms. The molecule has 1 N–H and O–H groups in total. The van der Waals surface area contributed by atoms with Gasteiger partial charge in [-0.15, -0.1) is 0 Å². The fourth-order valence-electron chi connectivity index (χ4n) is 5.08. The van der Waals surface area contributed by atoms with E-state index in [2.05, 4.69) is 11.4 Å². The molecule has 0 spiro atoms. The first-order chi connectivity index (χ1) is 18.6. The molecule has 5 rings (SSSR count). The Labute approximate surface area is 228 Å². The van der Waals surface area contributed by atoms with Crippen LogP contribution < -0.4 is 15.0 Å². The summed E-state index contributed by atoms with van der Waals surface area (Å²) in [5.74, 6) is 0.0448. The molecule has 1 atom stereocenters. The molecule has 0 bridgehead atoms. The van der Waals surface area contributed by atoms with Crippen LogP contribution in [0.4, 0.5) is 10.5 Å². The summed E-state index contributed by atoms with van der Waals surface area (Å²) in [5, 5.41) is 12.5. The molecule has 39 heavy (non-hydrogen) atoms. The molecule has 0 radical (unpaired) electrons. The number of hydrogen-bond acceptors (Lipinski definition) is 6. The van der Waals surface area contributed by atoms with Gasteiger partial charge in [-0.3, -0.25) is 9.69 Å². The topological polar surface area (TPSA) is 105 Å². The molecule has 1 fully saturated rings. The molecular weight excluding hydrogens is 492 g/mol. The number of anilines is 1. The lowest BCUT2D eigenvalue weighted by atomic mass is 9.71. The second-order valence-corrected chi connectivity index (χ2v) is 11.1. The van der Waals surface area contributed by atoms with E-state index < -0.39 is 23.3 Å². The minimum Gasteiger partial charge on any atom is -0.463 e. The molecule has 0 saturated heterocycles. The van der Waals surface area contributed by atoms with Gasteiger partial charge in [-0.2, -0.15) is 5.26 Å². The molecule has 1 aliphatic heterocycles. The van der Waals surface area contributed by atoms with E-state index in [1.807, 2.05) is 81.4 Å². The van der Waals surface area contributed by atoms with E-state index >= 15 is 0 Å². The van der Waals surface area contributed by atoms with Crippen molar-refractivity contribution in [1.29, 1.82) is 5.26 Å². The standard InChI is InChI=1S/C31H32N4O4/c1-20-28(36)35(18-17-32)25-19-24(21-9-6-5-7-10-21)26(33-27(25)38-20)22-11-13-23(14-12-22)31(15-8-16-31)34-29(37)39-30(2,3)4/h5-7,9-14,19-20H,8,15-16,18H2,1-4H3,(H,34,37)/t20-/m1/s1. The van der Waals surface area contributed by atoms with Crippen LogP contribution in [0, 0.1) is 11.3 Å². The van der Waals surface area contributed by atoms with E-state index in [4.69, 9.17) is 14.5 Å². The fourth-order valence-corrected chi connectivity index (χ4v) is 5.08. The van der Waals surface area contributed by atoms with Crippen LogP contribution in [-0.4, -0.2) is 35.2 Å². The number of pyridine rings is 1. The molecule has 1 aromatic heterocycles. The van der Waals surface area contributed by atoms with E-state index in [1.165, 1.54) is 4.90 Å². The number of benzene rings is 2. The SMILES string of the molecule is C[C@H]1Oc2nc(-c3ccc(C4(NC(=O)OC(C)(C)C)CCC4)cc3)c(-c3ccccc3)cc2N(CC#N)C1=O. The van der Waals surface area contributed by atoms with Crippen LogP contribution in [0.5, 0.6) is 5.88 Å². The van der Waals surface area contributed by atoms with Crippen molar-refractivity contribution in [2.75, 3.05) is 11.4 Å². The first kappa shape index (κ1) is 26.2. The maximum Gasteiger partial charge on any atom is 0.408 e. The van der Waals surface area contributed by atoms with Gasteiger partial charge < -0.3 is 14.8 Å². The first-order valence-electron chi connectivity index (χ1n) is 13.2. The van der Waals surface area contributed by atoms with Gasteiger partial charge in [0.1, 0.15) is 17.8 Å². The summed E-state index contributed by atoms with van der Waals surface area (Å²) in [4.78, 5) is 31.7. The Morgan fingerprint density at radius 2 is 1.85 bits per heavy atom. The number of nitrogens with one attached hydrogen (secondary N) is 1. The third-order valence-electron chi connectivity index (χ3n) is 7.13. The Kier molecular flexibility index (Phi) is 6.77. The van der Waals surface area contributed by atoms with Crippen molar-refractivity contribution in [3.63, 3.8) is 0 Å². The lowest BCUT2D eigenvalue weighted by Gasteiger charge is -2.43. The monoisotopic (exact) mass is 524 g/mol. The van der Waals surface area contributed by atoms with Crippen molar-refractivity contribution in [1.82, 2.24) is 10.3 Å². The van der Waals surface area contributed by atoms with Gasteiger partial charge in [0.2, 0.25) is 5.88 Å². The lowest BCUT2D eigenvalue weighted by Crippen LogP contribution is -2.52. The van der Waals surface area contributed by atoms with Gasteiger partial charge in [0.25, 0.3) is 5.91 Å². The number of aromatic nitrogens is 1. The number of fused-ring (bicyclic) bond motifs is 1. The fraction of sp³-hybridized carbons (Fsp3) is 0.355. The molecule has 2 amide bonds. The molecule has 0 unspecified atom stereocenters. The molecule has 1 aliphatic carbocycles. The number of rotatable bonds is 5. The number of hydrogen-bond donors (Lipinski definition) is 1. The molecule has 2 aromatic carbocycles. The average Bonchev–Trinajstić information content (AvgIpc) is 2.88. The van der Waals surface area contributed by atoms with Gasteiger partial charge in [0.05, 0.1) is 17.3 Å². The average molecular weight is 525 g/mol. The van der Waals surface area contributed by atoms with Crippen LogP contribution in [0.3, 0.4) is 0 Å². The molecular formula is C31H32N4O4. The quantitative estimate of drug-likeness (QED) is 0.413. The van der Waals surface area contributed by atoms with Crippen molar-refractivity contribution < 1.29 is 19.1 Å². The lowest BCUT2D eigenvalue weighted by molar-refractivity contribution is -0.125. The summed E-state index contributed by atoms with van der Waals surface area (Å²) in [7, 11) is 0. The predicted molar refractivity (Wildman–Crippen MR) is 148 cm³/mol. The number of nitriles is 1. The Morgan fingerprint density at radius 3 is 2.44 bits per heavy atom. The number of nitrogens with zero attached hydrogens (tertiary/aromatic N) is 3. The van der Waals surface area contributed by atoms with E-state index in [0.717, 1.165) is 41.5 Å². The minimum atomic E-state index is -0.742. The molecule has 8 nitrogen and oxygen atoms in total. The zero-order valence-electron chi connectivity index (χ0n) is 22.7. The molecule has 3 aromatic rings. The Bertz CT molecular complexity index is 1430. The van der Waals surface area contributed by atoms with Crippen LogP contribution in [0.15, 0.2) is 60.7 Å². The van der Waals surface area contributed by atoms with E-state index in [-0.39, 0.29) is 12.5 Å². The Hall–Kier alpha value is -4.38. The van der Waals surface area contributed by atoms with Crippen LogP contribution in [0.1, 0.15) is 52.5 Å². The zero-order valence-corrected chi connectivity index (χ0v) is 22.7. The van der Waals surface area contributed by atoms with Crippen LogP contribution in [-0.2, 0) is 15.1 Å². The zero-order chi connectivity index (χ0) is 27.8. The minimum absolute atomic E-state index is 0.0871. The summed E-state index contributed by atoms with van der Waals surface area (Å²) < 4.78 is 11.4. The number of carbonyl (C=O) groups excluding carboxylic acids is 2. The summed E-state index contributed by atoms with van der Waals surface area (Å²) in [6.07, 6.45) is 1.54. The second kappa shape index (κ2) is 10.1. The molecule has 200 valence electrons. The highest BCUT2D eigenvalue weighted by Gasteiger charge is 2.41. The largest absolute Gasteiger partial charge is 0.463 e. The van der Waals surface area contributed by atoms with Crippen molar-refractivity contribution in [2.24, 2.45) is 0 Å². The first-order valence-corrected chi connectivity index (χ1v) is 13.2. The number of ether oxygens (including phenoxy) is 2. The Morgan fingerprint density at radius 1 is 1.15 bits per heavy atom. The van der Waals surface area contributed by atoms with E-state index in [9.17, 15) is 14.9 Å². The Balaban J connectivity index is 1.54. The molecule has 2 aliphatic rings. The summed E-state index contributed by atoms with van der Waals surface area (Å²) in [5.41, 5.74) is 3.78. The molecule has 1 saturated carbocycles. The van der Waals surface area contributed by atoms with Crippen molar-refractivity contribution >= 4 is 17.7 Å². The highest BCUT2D eigenvalue weighted by Crippen LogP contribution is 2.44. The summed E-state index contributed by atoms with van der Waals surface area (Å²) >= 11 is 0. The third-order valence-corrected chi connectivity index (χ3v) is 7.13. The normalized spacial score (nSPS) is 17.8. The van der Waals surface area contributed by atoms with Gasteiger partial charge in [-0.1, -0.05) is 54.6 Å². The summed E-state index contributed by atoms with van der Waals surface area (Å²) in [6, 6.07) is 21.8. The van der Waals surface area contributed by atoms with Gasteiger partial charge in [-0.25, -0.2) is 9.78 Å². The van der Waals surface area contributed by atoms with Crippen LogP contribution >= 0.6 is 0 Å². The number of alkyl carbamates (subject to hydrolysis) is 1. The van der Waals surface area contributed by atoms with Crippen molar-refractivity contribution in [2.45, 2.75) is 64.2 Å². The van der Waals surface area contributed by atoms with Gasteiger partial charge in [0, 0.05) is 11.1 Å².